The first kappa shape index (κ1) is 19.1. The number of rotatable bonds is 6. The number of carboxylic acids is 1. The number of benzene rings is 3. The second-order valence-corrected chi connectivity index (χ2v) is 8.06. The Kier molecular flexibility index (Phi) is 5.60. The molecular weight excluding hydrogens is 386 g/mol. The van der Waals surface area contributed by atoms with Crippen molar-refractivity contribution in [2.75, 3.05) is 0 Å². The van der Waals surface area contributed by atoms with E-state index in [0.717, 1.165) is 11.1 Å². The molecule has 0 bridgehead atoms. The average Bonchev–Trinajstić information content (AvgIpc) is 2.67. The van der Waals surface area contributed by atoms with Crippen LogP contribution in [0.2, 0.25) is 5.02 Å². The van der Waals surface area contributed by atoms with Crippen LogP contribution in [0.1, 0.15) is 15.9 Å². The van der Waals surface area contributed by atoms with Crippen LogP contribution in [0, 0.1) is 0 Å². The highest BCUT2D eigenvalue weighted by Crippen LogP contribution is 2.23. The molecule has 0 aliphatic rings. The zero-order chi connectivity index (χ0) is 19.4. The predicted octanol–water partition coefficient (Wildman–Crippen LogP) is 4.18. The smallest absolute Gasteiger partial charge is 0.335 e. The third-order valence-electron chi connectivity index (χ3n) is 3.98. The minimum atomic E-state index is -3.72. The fourth-order valence-electron chi connectivity index (χ4n) is 2.54. The van der Waals surface area contributed by atoms with Crippen LogP contribution in [0.4, 0.5) is 0 Å². The van der Waals surface area contributed by atoms with Crippen LogP contribution in [0.3, 0.4) is 0 Å². The van der Waals surface area contributed by atoms with Gasteiger partial charge in [0.2, 0.25) is 10.0 Å². The van der Waals surface area contributed by atoms with Gasteiger partial charge in [-0.05, 0) is 53.1 Å². The third-order valence-corrected chi connectivity index (χ3v) is 5.65. The number of carboxylic acid groups (broad SMARTS) is 1. The van der Waals surface area contributed by atoms with E-state index in [4.69, 9.17) is 16.7 Å². The van der Waals surface area contributed by atoms with Crippen LogP contribution in [-0.2, 0) is 16.6 Å². The Morgan fingerprint density at radius 2 is 1.52 bits per heavy atom. The zero-order valence-corrected chi connectivity index (χ0v) is 15.7. The number of hydrogen-bond donors (Lipinski definition) is 2. The van der Waals surface area contributed by atoms with Gasteiger partial charge in [-0.2, -0.15) is 0 Å². The van der Waals surface area contributed by atoms with Crippen LogP contribution >= 0.6 is 11.6 Å². The predicted molar refractivity (Wildman–Crippen MR) is 104 cm³/mol. The van der Waals surface area contributed by atoms with Crippen LogP contribution in [0.25, 0.3) is 11.1 Å². The molecule has 0 aromatic heterocycles. The minimum absolute atomic E-state index is 0.00237. The van der Waals surface area contributed by atoms with Gasteiger partial charge in [-0.1, -0.05) is 48.0 Å². The van der Waals surface area contributed by atoms with Gasteiger partial charge in [-0.15, -0.1) is 0 Å². The molecule has 2 N–H and O–H groups in total. The second kappa shape index (κ2) is 7.92. The zero-order valence-electron chi connectivity index (χ0n) is 14.1. The van der Waals surface area contributed by atoms with Crippen molar-refractivity contribution in [2.45, 2.75) is 11.4 Å². The molecule has 27 heavy (non-hydrogen) atoms. The lowest BCUT2D eigenvalue weighted by molar-refractivity contribution is 0.0696. The lowest BCUT2D eigenvalue weighted by atomic mass is 10.1. The van der Waals surface area contributed by atoms with Crippen LogP contribution < -0.4 is 4.72 Å². The van der Waals surface area contributed by atoms with Crippen molar-refractivity contribution in [3.05, 3.63) is 88.9 Å². The van der Waals surface area contributed by atoms with E-state index in [2.05, 4.69) is 4.72 Å². The molecule has 0 heterocycles. The van der Waals surface area contributed by atoms with Gasteiger partial charge in [-0.3, -0.25) is 0 Å². The summed E-state index contributed by atoms with van der Waals surface area (Å²) in [6, 6.07) is 19.9. The molecule has 3 aromatic rings. The van der Waals surface area contributed by atoms with E-state index in [1.54, 1.807) is 36.4 Å². The molecular formula is C20H16ClNO4S. The van der Waals surface area contributed by atoms with E-state index in [9.17, 15) is 13.2 Å². The van der Waals surface area contributed by atoms with E-state index in [1.807, 2.05) is 12.1 Å². The molecule has 3 rings (SSSR count). The van der Waals surface area contributed by atoms with Gasteiger partial charge in [0.05, 0.1) is 10.5 Å². The molecule has 7 heteroatoms. The Hall–Kier alpha value is -2.67. The largest absolute Gasteiger partial charge is 0.478 e. The van der Waals surface area contributed by atoms with Gasteiger partial charge in [0.1, 0.15) is 0 Å². The number of aromatic carboxylic acids is 1. The van der Waals surface area contributed by atoms with E-state index in [0.29, 0.717) is 10.6 Å². The number of nitrogens with one attached hydrogen (secondary N) is 1. The molecule has 0 unspecified atom stereocenters. The first-order valence-electron chi connectivity index (χ1n) is 8.03. The third kappa shape index (κ3) is 4.74. The van der Waals surface area contributed by atoms with Crippen molar-refractivity contribution in [2.24, 2.45) is 0 Å². The molecule has 0 spiro atoms. The van der Waals surface area contributed by atoms with Gasteiger partial charge in [0, 0.05) is 11.6 Å². The summed E-state index contributed by atoms with van der Waals surface area (Å²) in [5, 5.41) is 9.64. The van der Waals surface area contributed by atoms with Crippen molar-refractivity contribution in [1.82, 2.24) is 4.72 Å². The summed E-state index contributed by atoms with van der Waals surface area (Å²) in [6.07, 6.45) is 0. The molecule has 0 aliphatic carbocycles. The maximum atomic E-state index is 12.5. The van der Waals surface area contributed by atoms with Gasteiger partial charge in [0.15, 0.2) is 0 Å². The monoisotopic (exact) mass is 401 g/mol. The Morgan fingerprint density at radius 1 is 0.926 bits per heavy atom. The number of sulfonamides is 1. The summed E-state index contributed by atoms with van der Waals surface area (Å²) in [6.45, 7) is 0.00237. The van der Waals surface area contributed by atoms with Crippen molar-refractivity contribution < 1.29 is 18.3 Å². The minimum Gasteiger partial charge on any atom is -0.478 e. The molecule has 5 nitrogen and oxygen atoms in total. The molecule has 3 aromatic carbocycles. The highest BCUT2D eigenvalue weighted by Gasteiger charge is 2.14. The molecule has 0 fully saturated rings. The average molecular weight is 402 g/mol. The topological polar surface area (TPSA) is 83.5 Å². The van der Waals surface area contributed by atoms with Crippen LogP contribution in [-0.4, -0.2) is 19.5 Å². The Bertz CT molecular complexity index is 1060. The van der Waals surface area contributed by atoms with Crippen molar-refractivity contribution in [1.29, 1.82) is 0 Å². The van der Waals surface area contributed by atoms with Crippen molar-refractivity contribution >= 4 is 27.6 Å². The number of carbonyl (C=O) groups is 1. The maximum Gasteiger partial charge on any atom is 0.335 e. The van der Waals surface area contributed by atoms with Gasteiger partial charge in [0.25, 0.3) is 0 Å². The normalized spacial score (nSPS) is 11.3. The second-order valence-electron chi connectivity index (χ2n) is 5.86. The van der Waals surface area contributed by atoms with Crippen LogP contribution in [0.15, 0.2) is 77.7 Å². The van der Waals surface area contributed by atoms with E-state index in [-0.39, 0.29) is 17.0 Å². The summed E-state index contributed by atoms with van der Waals surface area (Å²) in [5.41, 5.74) is 2.48. The summed E-state index contributed by atoms with van der Waals surface area (Å²) < 4.78 is 27.4. The highest BCUT2D eigenvalue weighted by molar-refractivity contribution is 7.89. The maximum absolute atomic E-state index is 12.5. The summed E-state index contributed by atoms with van der Waals surface area (Å²) in [5.74, 6) is -1.06. The van der Waals surface area contributed by atoms with Crippen LogP contribution in [0.5, 0.6) is 0 Å². The molecule has 0 saturated carbocycles. The standard InChI is InChI=1S/C20H16ClNO4S/c21-18-8-4-15(5-9-18)16-6-10-19(11-7-16)27(25,26)22-13-14-2-1-3-17(12-14)20(23)24/h1-12,22H,13H2,(H,23,24). The van der Waals surface area contributed by atoms with Crippen molar-refractivity contribution in [3.8, 4) is 11.1 Å². The SMILES string of the molecule is O=C(O)c1cccc(CNS(=O)(=O)c2ccc(-c3ccc(Cl)cc3)cc2)c1. The lowest BCUT2D eigenvalue weighted by Gasteiger charge is -2.09. The van der Waals surface area contributed by atoms with Gasteiger partial charge < -0.3 is 5.11 Å². The first-order valence-corrected chi connectivity index (χ1v) is 9.89. The molecule has 0 aliphatic heterocycles. The summed E-state index contributed by atoms with van der Waals surface area (Å²) in [7, 11) is -3.72. The first-order chi connectivity index (χ1) is 12.8. The van der Waals surface area contributed by atoms with Crippen molar-refractivity contribution in [3.63, 3.8) is 0 Å². The van der Waals surface area contributed by atoms with E-state index in [1.165, 1.54) is 24.3 Å². The fraction of sp³-hybridized carbons (Fsp3) is 0.0500. The van der Waals surface area contributed by atoms with E-state index < -0.39 is 16.0 Å². The number of hydrogen-bond acceptors (Lipinski definition) is 3. The number of halogens is 1. The lowest BCUT2D eigenvalue weighted by Crippen LogP contribution is -2.23. The molecule has 0 amide bonds. The quantitative estimate of drug-likeness (QED) is 0.648. The van der Waals surface area contributed by atoms with Gasteiger partial charge >= 0.3 is 5.97 Å². The Labute approximate surface area is 162 Å². The van der Waals surface area contributed by atoms with E-state index >= 15 is 0 Å². The molecule has 0 atom stereocenters. The Balaban J connectivity index is 1.74. The summed E-state index contributed by atoms with van der Waals surface area (Å²) >= 11 is 5.88. The highest BCUT2D eigenvalue weighted by atomic mass is 35.5. The fourth-order valence-corrected chi connectivity index (χ4v) is 3.69. The van der Waals surface area contributed by atoms with Gasteiger partial charge in [-0.25, -0.2) is 17.9 Å². The Morgan fingerprint density at radius 3 is 2.11 bits per heavy atom. The molecule has 0 radical (unpaired) electrons. The molecule has 0 saturated heterocycles. The summed E-state index contributed by atoms with van der Waals surface area (Å²) in [4.78, 5) is 11.1. The molecule has 138 valence electrons.